The molecule has 7 heteroatoms. The number of halogens is 3. The van der Waals surface area contributed by atoms with Crippen LogP contribution in [0.3, 0.4) is 0 Å². The molecule has 3 rings (SSSR count). The molecule has 0 aliphatic carbocycles. The largest absolute Gasteiger partial charge is 0.486 e. The zero-order valence-corrected chi connectivity index (χ0v) is 13.6. The Morgan fingerprint density at radius 2 is 1.54 bits per heavy atom. The van der Waals surface area contributed by atoms with Gasteiger partial charge < -0.3 is 9.47 Å². The second-order valence-electron chi connectivity index (χ2n) is 5.75. The summed E-state index contributed by atoms with van der Waals surface area (Å²) in [7, 11) is 0. The van der Waals surface area contributed by atoms with Crippen LogP contribution < -0.4 is 9.47 Å². The van der Waals surface area contributed by atoms with Gasteiger partial charge in [0.25, 0.3) is 0 Å². The maximum atomic E-state index is 13.0. The van der Waals surface area contributed by atoms with E-state index in [0.717, 1.165) is 12.1 Å². The number of alkyl halides is 3. The molecule has 136 valence electrons. The number of ketones is 2. The van der Waals surface area contributed by atoms with Crippen molar-refractivity contribution in [3.05, 3.63) is 59.2 Å². The fourth-order valence-corrected chi connectivity index (χ4v) is 2.70. The predicted molar refractivity (Wildman–Crippen MR) is 86.8 cm³/mol. The fraction of sp³-hybridized carbons (Fsp3) is 0.263. The molecule has 2 aromatic carbocycles. The number of carbonyl (C=O) groups is 2. The fourth-order valence-electron chi connectivity index (χ4n) is 2.70. The highest BCUT2D eigenvalue weighted by atomic mass is 19.4. The monoisotopic (exact) mass is 364 g/mol. The summed E-state index contributed by atoms with van der Waals surface area (Å²) in [6, 6.07) is 9.23. The van der Waals surface area contributed by atoms with Gasteiger partial charge in [-0.15, -0.1) is 0 Å². The van der Waals surface area contributed by atoms with E-state index in [1.807, 2.05) is 0 Å². The van der Waals surface area contributed by atoms with Crippen molar-refractivity contribution < 1.29 is 32.2 Å². The molecule has 0 saturated heterocycles. The Bertz CT molecular complexity index is 843. The van der Waals surface area contributed by atoms with E-state index in [9.17, 15) is 22.8 Å². The predicted octanol–water partition coefficient (Wildman–Crippen LogP) is 4.32. The van der Waals surface area contributed by atoms with E-state index in [1.54, 1.807) is 12.1 Å². The molecule has 0 atom stereocenters. The van der Waals surface area contributed by atoms with E-state index in [0.29, 0.717) is 30.3 Å². The van der Waals surface area contributed by atoms with E-state index in [4.69, 9.17) is 9.47 Å². The van der Waals surface area contributed by atoms with Crippen molar-refractivity contribution in [2.45, 2.75) is 19.0 Å². The van der Waals surface area contributed by atoms with E-state index in [2.05, 4.69) is 0 Å². The highest BCUT2D eigenvalue weighted by molar-refractivity contribution is 6.03. The summed E-state index contributed by atoms with van der Waals surface area (Å²) in [5.74, 6) is -0.0949. The maximum absolute atomic E-state index is 13.0. The van der Waals surface area contributed by atoms with Gasteiger partial charge in [0.05, 0.1) is 5.56 Å². The maximum Gasteiger partial charge on any atom is 0.417 e. The van der Waals surface area contributed by atoms with Crippen molar-refractivity contribution in [2.75, 3.05) is 13.2 Å². The molecule has 1 heterocycles. The summed E-state index contributed by atoms with van der Waals surface area (Å²) < 4.78 is 49.7. The number of benzene rings is 2. The molecule has 26 heavy (non-hydrogen) atoms. The van der Waals surface area contributed by atoms with Gasteiger partial charge in [-0.2, -0.15) is 13.2 Å². The molecule has 0 spiro atoms. The van der Waals surface area contributed by atoms with E-state index in [-0.39, 0.29) is 18.6 Å². The number of hydrogen-bond donors (Lipinski definition) is 0. The molecule has 4 nitrogen and oxygen atoms in total. The third-order valence-corrected chi connectivity index (χ3v) is 3.98. The molecule has 1 aliphatic rings. The molecule has 0 N–H and O–H groups in total. The van der Waals surface area contributed by atoms with Gasteiger partial charge in [-0.1, -0.05) is 18.2 Å². The Kier molecular flexibility index (Phi) is 4.97. The molecule has 0 unspecified atom stereocenters. The molecular formula is C19H15F3O4. The minimum absolute atomic E-state index is 0.190. The Labute approximate surface area is 147 Å². The van der Waals surface area contributed by atoms with Crippen LogP contribution in [0.25, 0.3) is 0 Å². The number of hydrogen-bond acceptors (Lipinski definition) is 4. The normalized spacial score (nSPS) is 13.3. The van der Waals surface area contributed by atoms with Gasteiger partial charge in [0.1, 0.15) is 13.2 Å². The molecule has 0 saturated carbocycles. The highest BCUT2D eigenvalue weighted by Crippen LogP contribution is 2.33. The molecule has 0 radical (unpaired) electrons. The van der Waals surface area contributed by atoms with Gasteiger partial charge in [0.2, 0.25) is 0 Å². The molecule has 0 bridgehead atoms. The Hall–Kier alpha value is -2.83. The molecule has 2 aromatic rings. The van der Waals surface area contributed by atoms with Crippen molar-refractivity contribution >= 4 is 11.6 Å². The number of Topliss-reactive ketones (excluding diaryl/α,β-unsaturated/α-hetero) is 2. The summed E-state index contributed by atoms with van der Waals surface area (Å²) in [5.41, 5.74) is -1.09. The van der Waals surface area contributed by atoms with Crippen molar-refractivity contribution in [1.29, 1.82) is 0 Å². The van der Waals surface area contributed by atoms with Gasteiger partial charge in [-0.05, 0) is 24.3 Å². The SMILES string of the molecule is O=C(CCC(=O)c1ccccc1C(F)(F)F)c1ccc2c(c1)OCCO2. The second-order valence-corrected chi connectivity index (χ2v) is 5.75. The number of carbonyl (C=O) groups excluding carboxylic acids is 2. The summed E-state index contributed by atoms with van der Waals surface area (Å²) in [6.45, 7) is 0.796. The zero-order valence-electron chi connectivity index (χ0n) is 13.6. The minimum Gasteiger partial charge on any atom is -0.486 e. The molecule has 0 amide bonds. The van der Waals surface area contributed by atoms with Gasteiger partial charge in [0, 0.05) is 24.0 Å². The first kappa shape index (κ1) is 18.0. The van der Waals surface area contributed by atoms with Crippen LogP contribution in [-0.4, -0.2) is 24.8 Å². The lowest BCUT2D eigenvalue weighted by atomic mass is 9.97. The Morgan fingerprint density at radius 1 is 0.885 bits per heavy atom. The number of rotatable bonds is 5. The van der Waals surface area contributed by atoms with Crippen LogP contribution in [0.1, 0.15) is 39.1 Å². The van der Waals surface area contributed by atoms with Crippen LogP contribution in [0, 0.1) is 0 Å². The molecular weight excluding hydrogens is 349 g/mol. The Balaban J connectivity index is 1.70. The lowest BCUT2D eigenvalue weighted by Gasteiger charge is -2.18. The summed E-state index contributed by atoms with van der Waals surface area (Å²) >= 11 is 0. The van der Waals surface area contributed by atoms with Crippen LogP contribution in [0.4, 0.5) is 13.2 Å². The van der Waals surface area contributed by atoms with Crippen LogP contribution >= 0.6 is 0 Å². The van der Waals surface area contributed by atoms with Gasteiger partial charge in [0.15, 0.2) is 23.1 Å². The first-order chi connectivity index (χ1) is 12.4. The van der Waals surface area contributed by atoms with Crippen LogP contribution in [0.15, 0.2) is 42.5 Å². The summed E-state index contributed by atoms with van der Waals surface area (Å²) in [4.78, 5) is 24.5. The smallest absolute Gasteiger partial charge is 0.417 e. The first-order valence-corrected chi connectivity index (χ1v) is 7.98. The average molecular weight is 364 g/mol. The average Bonchev–Trinajstić information content (AvgIpc) is 2.64. The zero-order chi connectivity index (χ0) is 18.7. The highest BCUT2D eigenvalue weighted by Gasteiger charge is 2.34. The number of ether oxygens (including phenoxy) is 2. The summed E-state index contributed by atoms with van der Waals surface area (Å²) in [6.07, 6.45) is -5.11. The second kappa shape index (κ2) is 7.19. The van der Waals surface area contributed by atoms with Crippen molar-refractivity contribution in [3.63, 3.8) is 0 Å². The lowest BCUT2D eigenvalue weighted by Crippen LogP contribution is -2.16. The Morgan fingerprint density at radius 3 is 2.27 bits per heavy atom. The molecule has 0 aromatic heterocycles. The van der Waals surface area contributed by atoms with E-state index < -0.39 is 23.1 Å². The van der Waals surface area contributed by atoms with Gasteiger partial charge in [-0.3, -0.25) is 9.59 Å². The summed E-state index contributed by atoms with van der Waals surface area (Å²) in [5, 5.41) is 0. The molecule has 0 fully saturated rings. The van der Waals surface area contributed by atoms with Crippen LogP contribution in [0.5, 0.6) is 11.5 Å². The third kappa shape index (κ3) is 3.87. The quantitative estimate of drug-likeness (QED) is 0.742. The van der Waals surface area contributed by atoms with Crippen LogP contribution in [0.2, 0.25) is 0 Å². The van der Waals surface area contributed by atoms with Gasteiger partial charge >= 0.3 is 6.18 Å². The van der Waals surface area contributed by atoms with Crippen molar-refractivity contribution in [1.82, 2.24) is 0 Å². The van der Waals surface area contributed by atoms with Crippen molar-refractivity contribution in [2.24, 2.45) is 0 Å². The third-order valence-electron chi connectivity index (χ3n) is 3.98. The lowest BCUT2D eigenvalue weighted by molar-refractivity contribution is -0.137. The van der Waals surface area contributed by atoms with Crippen molar-refractivity contribution in [3.8, 4) is 11.5 Å². The van der Waals surface area contributed by atoms with E-state index in [1.165, 1.54) is 18.2 Å². The molecule has 1 aliphatic heterocycles. The minimum atomic E-state index is -4.62. The standard InChI is InChI=1S/C19H15F3O4/c20-19(21,22)14-4-2-1-3-13(14)16(24)7-6-15(23)12-5-8-17-18(11-12)26-10-9-25-17/h1-5,8,11H,6-7,9-10H2. The van der Waals surface area contributed by atoms with Crippen LogP contribution in [-0.2, 0) is 6.18 Å². The topological polar surface area (TPSA) is 52.6 Å². The van der Waals surface area contributed by atoms with E-state index >= 15 is 0 Å². The first-order valence-electron chi connectivity index (χ1n) is 7.98. The van der Waals surface area contributed by atoms with Gasteiger partial charge in [-0.25, -0.2) is 0 Å². The number of fused-ring (bicyclic) bond motifs is 1.